The first kappa shape index (κ1) is 19.7. The van der Waals surface area contributed by atoms with Gasteiger partial charge >= 0.3 is 0 Å². The van der Waals surface area contributed by atoms with Gasteiger partial charge < -0.3 is 39.7 Å². The van der Waals surface area contributed by atoms with Crippen LogP contribution in [0.4, 0.5) is 0 Å². The number of aliphatic hydroxyl groups excluding tert-OH is 5. The Balaban J connectivity index is 2.56. The average molecular weight is 324 g/mol. The molecule has 1 fully saturated rings. The Hall–Kier alpha value is -0.320. The fraction of sp³-hybridized carbons (Fsp3) is 1.00. The van der Waals surface area contributed by atoms with Crippen LogP contribution >= 0.6 is 0 Å². The fourth-order valence-electron chi connectivity index (χ4n) is 2.32. The van der Waals surface area contributed by atoms with Crippen LogP contribution in [0.5, 0.6) is 0 Å². The van der Waals surface area contributed by atoms with E-state index in [1.165, 1.54) is 7.11 Å². The Labute approximate surface area is 130 Å². The minimum absolute atomic E-state index is 0.0163. The van der Waals surface area contributed by atoms with Crippen LogP contribution < -0.4 is 0 Å². The van der Waals surface area contributed by atoms with Crippen LogP contribution in [0.2, 0.25) is 0 Å². The highest BCUT2D eigenvalue weighted by Crippen LogP contribution is 2.23. The van der Waals surface area contributed by atoms with Crippen molar-refractivity contribution in [2.45, 2.75) is 63.2 Å². The summed E-state index contributed by atoms with van der Waals surface area (Å²) in [6.07, 6.45) is -7.49. The maximum Gasteiger partial charge on any atom is 0.186 e. The molecule has 132 valence electrons. The standard InChI is InChI=1S/C14H28O8/c1-4-8(15)10(16)7(2)5-21-14-13(19)12(18)11(17)9(22-14)6-20-3/h7-19H,4-6H2,1-3H3/t7-,8+,9?,10-,11?,12?,13?,14?/m0/s1. The first-order valence-corrected chi connectivity index (χ1v) is 7.49. The van der Waals surface area contributed by atoms with Crippen LogP contribution in [-0.2, 0) is 14.2 Å². The van der Waals surface area contributed by atoms with Crippen molar-refractivity contribution in [1.29, 1.82) is 0 Å². The summed E-state index contributed by atoms with van der Waals surface area (Å²) in [7, 11) is 1.42. The summed E-state index contributed by atoms with van der Waals surface area (Å²) in [6.45, 7) is 3.50. The van der Waals surface area contributed by atoms with E-state index in [1.807, 2.05) is 0 Å². The summed E-state index contributed by atoms with van der Waals surface area (Å²) in [4.78, 5) is 0. The van der Waals surface area contributed by atoms with Crippen LogP contribution in [-0.4, -0.2) is 88.8 Å². The van der Waals surface area contributed by atoms with Gasteiger partial charge in [-0.15, -0.1) is 0 Å². The lowest BCUT2D eigenvalue weighted by atomic mass is 9.98. The van der Waals surface area contributed by atoms with Crippen LogP contribution in [0.3, 0.4) is 0 Å². The molecular weight excluding hydrogens is 296 g/mol. The summed E-state index contributed by atoms with van der Waals surface area (Å²) >= 11 is 0. The van der Waals surface area contributed by atoms with Gasteiger partial charge in [0, 0.05) is 13.0 Å². The normalized spacial score (nSPS) is 36.8. The van der Waals surface area contributed by atoms with E-state index in [0.29, 0.717) is 6.42 Å². The second-order valence-electron chi connectivity index (χ2n) is 5.75. The second-order valence-corrected chi connectivity index (χ2v) is 5.75. The Morgan fingerprint density at radius 2 is 1.73 bits per heavy atom. The molecule has 0 aromatic carbocycles. The van der Waals surface area contributed by atoms with Crippen LogP contribution in [0, 0.1) is 5.92 Å². The lowest BCUT2D eigenvalue weighted by molar-refractivity contribution is -0.305. The Morgan fingerprint density at radius 3 is 2.27 bits per heavy atom. The molecule has 22 heavy (non-hydrogen) atoms. The molecule has 0 amide bonds. The van der Waals surface area contributed by atoms with Crippen molar-refractivity contribution in [3.05, 3.63) is 0 Å². The first-order chi connectivity index (χ1) is 10.3. The monoisotopic (exact) mass is 324 g/mol. The highest BCUT2D eigenvalue weighted by molar-refractivity contribution is 4.89. The minimum Gasteiger partial charge on any atom is -0.390 e. The van der Waals surface area contributed by atoms with Gasteiger partial charge in [-0.1, -0.05) is 13.8 Å². The lowest BCUT2D eigenvalue weighted by Gasteiger charge is -2.40. The predicted octanol–water partition coefficient (Wildman–Crippen LogP) is -1.78. The quantitative estimate of drug-likeness (QED) is 0.355. The van der Waals surface area contributed by atoms with Gasteiger partial charge in [0.25, 0.3) is 0 Å². The molecule has 1 saturated heterocycles. The molecule has 1 rings (SSSR count). The molecule has 1 aliphatic heterocycles. The summed E-state index contributed by atoms with van der Waals surface area (Å²) in [5.41, 5.74) is 0. The number of aliphatic hydroxyl groups is 5. The Bertz CT molecular complexity index is 315. The van der Waals surface area contributed by atoms with Crippen molar-refractivity contribution >= 4 is 0 Å². The molecule has 0 aromatic rings. The molecule has 8 heteroatoms. The molecule has 0 aliphatic carbocycles. The van der Waals surface area contributed by atoms with E-state index < -0.39 is 48.8 Å². The van der Waals surface area contributed by atoms with Gasteiger partial charge in [0.15, 0.2) is 6.29 Å². The van der Waals surface area contributed by atoms with Crippen molar-refractivity contribution in [3.8, 4) is 0 Å². The van der Waals surface area contributed by atoms with Crippen molar-refractivity contribution in [2.24, 2.45) is 5.92 Å². The van der Waals surface area contributed by atoms with E-state index in [1.54, 1.807) is 13.8 Å². The maximum absolute atomic E-state index is 9.89. The highest BCUT2D eigenvalue weighted by atomic mass is 16.7. The Kier molecular flexibility index (Phi) is 8.15. The van der Waals surface area contributed by atoms with Crippen molar-refractivity contribution in [2.75, 3.05) is 20.3 Å². The number of hydrogen-bond donors (Lipinski definition) is 5. The van der Waals surface area contributed by atoms with E-state index in [4.69, 9.17) is 14.2 Å². The molecule has 1 heterocycles. The number of ether oxygens (including phenoxy) is 3. The Morgan fingerprint density at radius 1 is 1.09 bits per heavy atom. The molecule has 8 atom stereocenters. The summed E-state index contributed by atoms with van der Waals surface area (Å²) in [6, 6.07) is 0. The zero-order valence-corrected chi connectivity index (χ0v) is 13.2. The van der Waals surface area contributed by atoms with Crippen LogP contribution in [0.1, 0.15) is 20.3 Å². The van der Waals surface area contributed by atoms with E-state index in [-0.39, 0.29) is 13.2 Å². The lowest BCUT2D eigenvalue weighted by Crippen LogP contribution is -2.59. The number of methoxy groups -OCH3 is 1. The first-order valence-electron chi connectivity index (χ1n) is 7.49. The van der Waals surface area contributed by atoms with E-state index >= 15 is 0 Å². The van der Waals surface area contributed by atoms with Gasteiger partial charge in [-0.25, -0.2) is 0 Å². The van der Waals surface area contributed by atoms with Gasteiger partial charge in [0.05, 0.1) is 25.4 Å². The number of rotatable bonds is 8. The predicted molar refractivity (Wildman–Crippen MR) is 76.0 cm³/mol. The zero-order valence-electron chi connectivity index (χ0n) is 13.2. The summed E-state index contributed by atoms with van der Waals surface area (Å²) < 4.78 is 15.7. The molecule has 0 aromatic heterocycles. The fourth-order valence-corrected chi connectivity index (χ4v) is 2.32. The van der Waals surface area contributed by atoms with E-state index in [0.717, 1.165) is 0 Å². The molecule has 0 radical (unpaired) electrons. The van der Waals surface area contributed by atoms with Gasteiger partial charge in [0.2, 0.25) is 0 Å². The summed E-state index contributed by atoms with van der Waals surface area (Å²) in [5, 5.41) is 48.9. The van der Waals surface area contributed by atoms with Crippen LogP contribution in [0.25, 0.3) is 0 Å². The topological polar surface area (TPSA) is 129 Å². The smallest absolute Gasteiger partial charge is 0.186 e. The molecule has 8 nitrogen and oxygen atoms in total. The zero-order chi connectivity index (χ0) is 16.9. The van der Waals surface area contributed by atoms with Crippen LogP contribution in [0.15, 0.2) is 0 Å². The molecule has 5 unspecified atom stereocenters. The molecule has 1 aliphatic rings. The SMILES string of the molecule is CC[C@@H](O)[C@@H](O)[C@@H](C)COC1OC(COC)C(O)C(O)C1O. The third-order valence-electron chi connectivity index (χ3n) is 3.92. The maximum atomic E-state index is 9.89. The molecule has 0 saturated carbocycles. The third-order valence-corrected chi connectivity index (χ3v) is 3.92. The molecule has 0 bridgehead atoms. The van der Waals surface area contributed by atoms with Gasteiger partial charge in [-0.05, 0) is 6.42 Å². The second kappa shape index (κ2) is 9.09. The number of hydrogen-bond acceptors (Lipinski definition) is 8. The van der Waals surface area contributed by atoms with Gasteiger partial charge in [-0.2, -0.15) is 0 Å². The van der Waals surface area contributed by atoms with Gasteiger partial charge in [0.1, 0.15) is 24.4 Å². The minimum atomic E-state index is -1.42. The van der Waals surface area contributed by atoms with E-state index in [2.05, 4.69) is 0 Å². The highest BCUT2D eigenvalue weighted by Gasteiger charge is 2.44. The molecular formula is C14H28O8. The van der Waals surface area contributed by atoms with E-state index in [9.17, 15) is 25.5 Å². The molecule has 5 N–H and O–H groups in total. The average Bonchev–Trinajstić information content (AvgIpc) is 2.52. The largest absolute Gasteiger partial charge is 0.390 e. The van der Waals surface area contributed by atoms with Crippen molar-refractivity contribution in [3.63, 3.8) is 0 Å². The summed E-state index contributed by atoms with van der Waals surface area (Å²) in [5.74, 6) is -0.393. The van der Waals surface area contributed by atoms with Crippen molar-refractivity contribution < 1.29 is 39.7 Å². The van der Waals surface area contributed by atoms with Gasteiger partial charge in [-0.3, -0.25) is 0 Å². The molecule has 0 spiro atoms. The third kappa shape index (κ3) is 4.84. The van der Waals surface area contributed by atoms with Crippen molar-refractivity contribution in [1.82, 2.24) is 0 Å².